The first-order valence-electron chi connectivity index (χ1n) is 6.10. The van der Waals surface area contributed by atoms with Crippen molar-refractivity contribution in [3.63, 3.8) is 0 Å². The summed E-state index contributed by atoms with van der Waals surface area (Å²) in [5.74, 6) is -1.83. The number of hydrogen-bond donors (Lipinski definition) is 1. The molecule has 21 heavy (non-hydrogen) atoms. The molecule has 0 aliphatic heterocycles. The van der Waals surface area contributed by atoms with E-state index in [9.17, 15) is 13.6 Å². The van der Waals surface area contributed by atoms with Gasteiger partial charge in [0.2, 0.25) is 0 Å². The standard InChI is InChI=1S/C15H14F2N2O2/c1-19(9-3-5-10(21-2)6-4-9)15(20)11-7-14(18)13(17)8-12(11)16/h3-8H,18H2,1-2H3. The van der Waals surface area contributed by atoms with E-state index in [0.717, 1.165) is 6.07 Å². The monoisotopic (exact) mass is 292 g/mol. The molecule has 0 saturated heterocycles. The van der Waals surface area contributed by atoms with E-state index in [2.05, 4.69) is 0 Å². The van der Waals surface area contributed by atoms with Gasteiger partial charge in [-0.3, -0.25) is 4.79 Å². The van der Waals surface area contributed by atoms with Crippen LogP contribution in [0.25, 0.3) is 0 Å². The van der Waals surface area contributed by atoms with Crippen LogP contribution in [0.2, 0.25) is 0 Å². The molecule has 2 N–H and O–H groups in total. The number of ether oxygens (including phenoxy) is 1. The molecule has 0 heterocycles. The topological polar surface area (TPSA) is 55.6 Å². The Hall–Kier alpha value is -2.63. The molecule has 0 saturated carbocycles. The average Bonchev–Trinajstić information content (AvgIpc) is 2.49. The molecule has 0 atom stereocenters. The van der Waals surface area contributed by atoms with Crippen molar-refractivity contribution in [1.29, 1.82) is 0 Å². The lowest BCUT2D eigenvalue weighted by atomic mass is 10.1. The van der Waals surface area contributed by atoms with Gasteiger partial charge in [-0.2, -0.15) is 0 Å². The van der Waals surface area contributed by atoms with Gasteiger partial charge in [-0.1, -0.05) is 0 Å². The third kappa shape index (κ3) is 2.94. The van der Waals surface area contributed by atoms with Gasteiger partial charge in [0.1, 0.15) is 17.4 Å². The van der Waals surface area contributed by atoms with Crippen LogP contribution >= 0.6 is 0 Å². The zero-order valence-electron chi connectivity index (χ0n) is 11.6. The molecule has 110 valence electrons. The Morgan fingerprint density at radius 3 is 2.33 bits per heavy atom. The molecule has 0 bridgehead atoms. The average molecular weight is 292 g/mol. The molecule has 0 aromatic heterocycles. The number of rotatable bonds is 3. The number of carbonyl (C=O) groups is 1. The molecular weight excluding hydrogens is 278 g/mol. The normalized spacial score (nSPS) is 10.3. The third-order valence-corrected chi connectivity index (χ3v) is 3.08. The minimum absolute atomic E-state index is 0.275. The minimum atomic E-state index is -0.952. The second kappa shape index (κ2) is 5.78. The Balaban J connectivity index is 2.32. The van der Waals surface area contributed by atoms with Gasteiger partial charge < -0.3 is 15.4 Å². The van der Waals surface area contributed by atoms with Crippen molar-refractivity contribution in [2.24, 2.45) is 0 Å². The summed E-state index contributed by atoms with van der Waals surface area (Å²) < 4.78 is 31.9. The number of methoxy groups -OCH3 is 1. The summed E-state index contributed by atoms with van der Waals surface area (Å²) in [6, 6.07) is 8.25. The van der Waals surface area contributed by atoms with Crippen LogP contribution in [0.4, 0.5) is 20.2 Å². The third-order valence-electron chi connectivity index (χ3n) is 3.08. The zero-order valence-corrected chi connectivity index (χ0v) is 11.6. The smallest absolute Gasteiger partial charge is 0.261 e. The molecule has 0 fully saturated rings. The molecule has 1 amide bonds. The van der Waals surface area contributed by atoms with E-state index in [1.54, 1.807) is 24.3 Å². The molecule has 4 nitrogen and oxygen atoms in total. The maximum Gasteiger partial charge on any atom is 0.261 e. The molecule has 0 aliphatic carbocycles. The second-order valence-electron chi connectivity index (χ2n) is 4.42. The van der Waals surface area contributed by atoms with Crippen LogP contribution in [0.5, 0.6) is 5.75 Å². The fourth-order valence-corrected chi connectivity index (χ4v) is 1.83. The van der Waals surface area contributed by atoms with Crippen molar-refractivity contribution in [1.82, 2.24) is 0 Å². The fourth-order valence-electron chi connectivity index (χ4n) is 1.83. The van der Waals surface area contributed by atoms with Crippen LogP contribution < -0.4 is 15.4 Å². The minimum Gasteiger partial charge on any atom is -0.497 e. The summed E-state index contributed by atoms with van der Waals surface area (Å²) in [6.45, 7) is 0. The van der Waals surface area contributed by atoms with Gasteiger partial charge in [-0.25, -0.2) is 8.78 Å². The molecule has 2 rings (SSSR count). The van der Waals surface area contributed by atoms with Gasteiger partial charge in [-0.05, 0) is 30.3 Å². The van der Waals surface area contributed by atoms with Gasteiger partial charge >= 0.3 is 0 Å². The van der Waals surface area contributed by atoms with Gasteiger partial charge in [0.15, 0.2) is 0 Å². The van der Waals surface area contributed by atoms with Crippen molar-refractivity contribution < 1.29 is 18.3 Å². The Bertz CT molecular complexity index is 672. The van der Waals surface area contributed by atoms with Crippen LogP contribution in [0.15, 0.2) is 36.4 Å². The van der Waals surface area contributed by atoms with E-state index in [0.29, 0.717) is 17.5 Å². The lowest BCUT2D eigenvalue weighted by Gasteiger charge is -2.18. The van der Waals surface area contributed by atoms with E-state index in [1.165, 1.54) is 19.1 Å². The maximum absolute atomic E-state index is 13.7. The zero-order chi connectivity index (χ0) is 15.6. The first-order valence-corrected chi connectivity index (χ1v) is 6.10. The summed E-state index contributed by atoms with van der Waals surface area (Å²) in [6.07, 6.45) is 0. The van der Waals surface area contributed by atoms with Crippen LogP contribution in [-0.2, 0) is 0 Å². The Morgan fingerprint density at radius 2 is 1.76 bits per heavy atom. The quantitative estimate of drug-likeness (QED) is 0.885. The molecule has 0 radical (unpaired) electrons. The number of nitrogen functional groups attached to an aromatic ring is 1. The lowest BCUT2D eigenvalue weighted by molar-refractivity contribution is 0.0989. The van der Waals surface area contributed by atoms with Gasteiger partial charge in [0.25, 0.3) is 5.91 Å². The Kier molecular flexibility index (Phi) is 4.07. The van der Waals surface area contributed by atoms with Gasteiger partial charge in [0.05, 0.1) is 18.4 Å². The van der Waals surface area contributed by atoms with E-state index < -0.39 is 17.5 Å². The summed E-state index contributed by atoms with van der Waals surface area (Å²) in [5.41, 5.74) is 5.36. The maximum atomic E-state index is 13.7. The van der Waals surface area contributed by atoms with E-state index in [-0.39, 0.29) is 11.3 Å². The summed E-state index contributed by atoms with van der Waals surface area (Å²) in [4.78, 5) is 13.5. The summed E-state index contributed by atoms with van der Waals surface area (Å²) in [5, 5.41) is 0. The predicted octanol–water partition coefficient (Wildman–Crippen LogP) is 2.83. The highest BCUT2D eigenvalue weighted by Gasteiger charge is 2.19. The van der Waals surface area contributed by atoms with Gasteiger partial charge in [-0.15, -0.1) is 0 Å². The first kappa shape index (κ1) is 14.8. The number of benzene rings is 2. The number of nitrogens with zero attached hydrogens (tertiary/aromatic N) is 1. The number of amides is 1. The highest BCUT2D eigenvalue weighted by Crippen LogP contribution is 2.22. The van der Waals surface area contributed by atoms with Crippen LogP contribution in [0.1, 0.15) is 10.4 Å². The highest BCUT2D eigenvalue weighted by molar-refractivity contribution is 6.06. The number of nitrogens with two attached hydrogens (primary N) is 1. The Morgan fingerprint density at radius 1 is 1.14 bits per heavy atom. The number of anilines is 2. The largest absolute Gasteiger partial charge is 0.497 e. The first-order chi connectivity index (χ1) is 9.93. The SMILES string of the molecule is COc1ccc(N(C)C(=O)c2cc(N)c(F)cc2F)cc1. The predicted molar refractivity (Wildman–Crippen MR) is 76.5 cm³/mol. The summed E-state index contributed by atoms with van der Waals surface area (Å²) >= 11 is 0. The van der Waals surface area contributed by atoms with Crippen molar-refractivity contribution in [3.05, 3.63) is 53.6 Å². The summed E-state index contributed by atoms with van der Waals surface area (Å²) in [7, 11) is 3.02. The lowest BCUT2D eigenvalue weighted by Crippen LogP contribution is -2.27. The number of carbonyl (C=O) groups excluding carboxylic acids is 1. The Labute approximate surface area is 120 Å². The molecule has 0 unspecified atom stereocenters. The van der Waals surface area contributed by atoms with E-state index in [4.69, 9.17) is 10.5 Å². The number of hydrogen-bond acceptors (Lipinski definition) is 3. The molecule has 6 heteroatoms. The van der Waals surface area contributed by atoms with Gasteiger partial charge in [0, 0.05) is 18.8 Å². The number of halogens is 2. The molecular formula is C15H14F2N2O2. The second-order valence-corrected chi connectivity index (χ2v) is 4.42. The van der Waals surface area contributed by atoms with Crippen LogP contribution in [0.3, 0.4) is 0 Å². The van der Waals surface area contributed by atoms with Crippen molar-refractivity contribution >= 4 is 17.3 Å². The highest BCUT2D eigenvalue weighted by atomic mass is 19.1. The molecule has 0 aliphatic rings. The molecule has 2 aromatic rings. The molecule has 2 aromatic carbocycles. The van der Waals surface area contributed by atoms with E-state index >= 15 is 0 Å². The van der Waals surface area contributed by atoms with E-state index in [1.807, 2.05) is 0 Å². The molecule has 0 spiro atoms. The van der Waals surface area contributed by atoms with Crippen LogP contribution in [-0.4, -0.2) is 20.1 Å². The fraction of sp³-hybridized carbons (Fsp3) is 0.133. The van der Waals surface area contributed by atoms with Crippen molar-refractivity contribution in [2.75, 3.05) is 24.8 Å². The van der Waals surface area contributed by atoms with Crippen molar-refractivity contribution in [2.45, 2.75) is 0 Å². The van der Waals surface area contributed by atoms with Crippen molar-refractivity contribution in [3.8, 4) is 5.75 Å². The van der Waals surface area contributed by atoms with Crippen LogP contribution in [0, 0.1) is 11.6 Å².